The molecule has 3 atom stereocenters. The highest BCUT2D eigenvalue weighted by Crippen LogP contribution is 2.26. The first kappa shape index (κ1) is 13.5. The fourth-order valence-corrected chi connectivity index (χ4v) is 3.13. The summed E-state index contributed by atoms with van der Waals surface area (Å²) in [7, 11) is 0. The van der Waals surface area contributed by atoms with Crippen LogP contribution in [0.3, 0.4) is 0 Å². The number of nitrogens with zero attached hydrogens (tertiary/aromatic N) is 1. The highest BCUT2D eigenvalue weighted by molar-refractivity contribution is 7.80. The molecule has 1 aromatic carbocycles. The van der Waals surface area contributed by atoms with Crippen molar-refractivity contribution in [2.45, 2.75) is 32.2 Å². The Balaban J connectivity index is 2.10. The topological polar surface area (TPSA) is 29.3 Å². The maximum Gasteiger partial charge on any atom is 0.0816 e. The molecule has 2 rings (SSSR count). The molecule has 3 heteroatoms. The standard InChI is InChI=1S/C15H22N2S/c1-11-8-12(2)17(9-11)10-14(15(16)18)13-6-4-3-5-7-13/h3-7,11-12,14H,8-10H2,1-2H3,(H2,16,18). The van der Waals surface area contributed by atoms with Crippen LogP contribution < -0.4 is 5.73 Å². The zero-order valence-electron chi connectivity index (χ0n) is 11.2. The maximum atomic E-state index is 5.93. The first-order valence-corrected chi connectivity index (χ1v) is 7.07. The number of thiocarbonyl (C=S) groups is 1. The van der Waals surface area contributed by atoms with E-state index in [1.807, 2.05) is 6.07 Å². The minimum absolute atomic E-state index is 0.175. The van der Waals surface area contributed by atoms with Crippen LogP contribution >= 0.6 is 12.2 Å². The van der Waals surface area contributed by atoms with E-state index in [-0.39, 0.29) is 5.92 Å². The molecule has 0 aromatic heterocycles. The van der Waals surface area contributed by atoms with Gasteiger partial charge in [0, 0.05) is 25.0 Å². The first-order chi connectivity index (χ1) is 8.58. The summed E-state index contributed by atoms with van der Waals surface area (Å²) in [5.74, 6) is 0.955. The zero-order chi connectivity index (χ0) is 13.1. The molecular weight excluding hydrogens is 240 g/mol. The molecule has 1 heterocycles. The molecule has 0 bridgehead atoms. The molecule has 0 amide bonds. The first-order valence-electron chi connectivity index (χ1n) is 6.66. The van der Waals surface area contributed by atoms with Crippen LogP contribution in [0.4, 0.5) is 0 Å². The summed E-state index contributed by atoms with van der Waals surface area (Å²) in [6, 6.07) is 11.0. The Morgan fingerprint density at radius 2 is 2.06 bits per heavy atom. The fraction of sp³-hybridized carbons (Fsp3) is 0.533. The van der Waals surface area contributed by atoms with Crippen LogP contribution in [0.5, 0.6) is 0 Å². The molecule has 0 aliphatic carbocycles. The van der Waals surface area contributed by atoms with Gasteiger partial charge >= 0.3 is 0 Å². The number of nitrogens with two attached hydrogens (primary N) is 1. The Hall–Kier alpha value is -0.930. The van der Waals surface area contributed by atoms with E-state index < -0.39 is 0 Å². The van der Waals surface area contributed by atoms with Crippen LogP contribution in [0, 0.1) is 5.92 Å². The Bertz CT molecular complexity index is 404. The van der Waals surface area contributed by atoms with E-state index >= 15 is 0 Å². The minimum atomic E-state index is 0.175. The van der Waals surface area contributed by atoms with Crippen LogP contribution in [-0.2, 0) is 0 Å². The highest BCUT2D eigenvalue weighted by Gasteiger charge is 2.29. The molecule has 3 unspecified atom stereocenters. The molecule has 1 aliphatic heterocycles. The second kappa shape index (κ2) is 5.81. The van der Waals surface area contributed by atoms with Gasteiger partial charge in [0.25, 0.3) is 0 Å². The van der Waals surface area contributed by atoms with E-state index in [0.29, 0.717) is 11.0 Å². The van der Waals surface area contributed by atoms with E-state index in [1.54, 1.807) is 0 Å². The summed E-state index contributed by atoms with van der Waals surface area (Å²) < 4.78 is 0. The summed E-state index contributed by atoms with van der Waals surface area (Å²) >= 11 is 5.25. The molecule has 2 nitrogen and oxygen atoms in total. The minimum Gasteiger partial charge on any atom is -0.393 e. The summed E-state index contributed by atoms with van der Waals surface area (Å²) in [6.45, 7) is 6.72. The molecule has 0 saturated carbocycles. The van der Waals surface area contributed by atoms with E-state index in [1.165, 1.54) is 12.0 Å². The van der Waals surface area contributed by atoms with Crippen molar-refractivity contribution < 1.29 is 0 Å². The second-order valence-corrected chi connectivity index (χ2v) is 5.98. The van der Waals surface area contributed by atoms with E-state index in [4.69, 9.17) is 18.0 Å². The molecule has 1 fully saturated rings. The third-order valence-corrected chi connectivity index (χ3v) is 4.16. The van der Waals surface area contributed by atoms with Gasteiger partial charge in [0.15, 0.2) is 0 Å². The molecule has 18 heavy (non-hydrogen) atoms. The quantitative estimate of drug-likeness (QED) is 0.846. The van der Waals surface area contributed by atoms with Gasteiger partial charge in [-0.15, -0.1) is 0 Å². The van der Waals surface area contributed by atoms with Crippen LogP contribution in [0.15, 0.2) is 30.3 Å². The number of benzene rings is 1. The van der Waals surface area contributed by atoms with Crippen LogP contribution in [0.25, 0.3) is 0 Å². The van der Waals surface area contributed by atoms with Crippen molar-refractivity contribution in [2.24, 2.45) is 11.7 Å². The van der Waals surface area contributed by atoms with Crippen molar-refractivity contribution in [3.8, 4) is 0 Å². The Morgan fingerprint density at radius 1 is 1.39 bits per heavy atom. The molecule has 0 spiro atoms. The van der Waals surface area contributed by atoms with Crippen LogP contribution in [0.1, 0.15) is 31.7 Å². The van der Waals surface area contributed by atoms with Gasteiger partial charge < -0.3 is 5.73 Å². The predicted molar refractivity (Wildman–Crippen MR) is 80.8 cm³/mol. The SMILES string of the molecule is CC1CC(C)N(CC(C(N)=S)c2ccccc2)C1. The molecule has 1 aliphatic rings. The summed E-state index contributed by atoms with van der Waals surface area (Å²) in [5, 5.41) is 0. The second-order valence-electron chi connectivity index (χ2n) is 5.51. The van der Waals surface area contributed by atoms with Gasteiger partial charge in [0.2, 0.25) is 0 Å². The average molecular weight is 262 g/mol. The highest BCUT2D eigenvalue weighted by atomic mass is 32.1. The number of likely N-dealkylation sites (tertiary alicyclic amines) is 1. The fourth-order valence-electron chi connectivity index (χ4n) is 2.92. The van der Waals surface area contributed by atoms with Crippen molar-refractivity contribution in [3.05, 3.63) is 35.9 Å². The van der Waals surface area contributed by atoms with Crippen LogP contribution in [0.2, 0.25) is 0 Å². The third-order valence-electron chi connectivity index (χ3n) is 3.88. The summed E-state index contributed by atoms with van der Waals surface area (Å²) in [5.41, 5.74) is 7.16. The lowest BCUT2D eigenvalue weighted by molar-refractivity contribution is 0.263. The Kier molecular flexibility index (Phi) is 4.36. The number of hydrogen-bond acceptors (Lipinski definition) is 2. The van der Waals surface area contributed by atoms with Gasteiger partial charge in [0.05, 0.1) is 4.99 Å². The zero-order valence-corrected chi connectivity index (χ0v) is 12.0. The molecule has 1 saturated heterocycles. The van der Waals surface area contributed by atoms with E-state index in [2.05, 4.69) is 43.0 Å². The Morgan fingerprint density at radius 3 is 2.56 bits per heavy atom. The summed E-state index contributed by atoms with van der Waals surface area (Å²) in [4.78, 5) is 3.12. The largest absolute Gasteiger partial charge is 0.393 e. The number of hydrogen-bond donors (Lipinski definition) is 1. The Labute approximate surface area is 115 Å². The van der Waals surface area contributed by atoms with Gasteiger partial charge in [-0.25, -0.2) is 0 Å². The van der Waals surface area contributed by atoms with Crippen molar-refractivity contribution in [1.82, 2.24) is 4.90 Å². The third kappa shape index (κ3) is 3.09. The van der Waals surface area contributed by atoms with Gasteiger partial charge in [0.1, 0.15) is 0 Å². The van der Waals surface area contributed by atoms with Crippen molar-refractivity contribution in [2.75, 3.05) is 13.1 Å². The summed E-state index contributed by atoms with van der Waals surface area (Å²) in [6.07, 6.45) is 1.28. The van der Waals surface area contributed by atoms with Crippen molar-refractivity contribution in [1.29, 1.82) is 0 Å². The van der Waals surface area contributed by atoms with Gasteiger partial charge in [-0.05, 0) is 24.8 Å². The lowest BCUT2D eigenvalue weighted by Crippen LogP contribution is -2.36. The van der Waals surface area contributed by atoms with E-state index in [9.17, 15) is 0 Å². The smallest absolute Gasteiger partial charge is 0.0816 e. The molecule has 2 N–H and O–H groups in total. The molecule has 0 radical (unpaired) electrons. The monoisotopic (exact) mass is 262 g/mol. The van der Waals surface area contributed by atoms with Crippen LogP contribution in [-0.4, -0.2) is 29.0 Å². The number of rotatable bonds is 4. The van der Waals surface area contributed by atoms with Crippen molar-refractivity contribution in [3.63, 3.8) is 0 Å². The lowest BCUT2D eigenvalue weighted by Gasteiger charge is -2.26. The lowest BCUT2D eigenvalue weighted by atomic mass is 9.98. The van der Waals surface area contributed by atoms with Gasteiger partial charge in [-0.2, -0.15) is 0 Å². The van der Waals surface area contributed by atoms with E-state index in [0.717, 1.165) is 19.0 Å². The predicted octanol–water partition coefficient (Wildman–Crippen LogP) is 2.79. The van der Waals surface area contributed by atoms with Gasteiger partial charge in [-0.1, -0.05) is 49.5 Å². The molecule has 98 valence electrons. The normalized spacial score (nSPS) is 26.1. The van der Waals surface area contributed by atoms with Crippen molar-refractivity contribution >= 4 is 17.2 Å². The maximum absolute atomic E-state index is 5.93. The van der Waals surface area contributed by atoms with Gasteiger partial charge in [-0.3, -0.25) is 4.90 Å². The molecular formula is C15H22N2S. The molecule has 1 aromatic rings. The average Bonchev–Trinajstić information content (AvgIpc) is 2.65.